The Labute approximate surface area is 71.2 Å². The lowest BCUT2D eigenvalue weighted by Crippen LogP contribution is -2.12. The highest BCUT2D eigenvalue weighted by Crippen LogP contribution is 2.13. The van der Waals surface area contributed by atoms with E-state index in [4.69, 9.17) is 16.6 Å². The molecule has 0 fully saturated rings. The van der Waals surface area contributed by atoms with Crippen molar-refractivity contribution in [2.24, 2.45) is 5.73 Å². The maximum atomic E-state index is 8.64. The second kappa shape index (κ2) is 4.04. The summed E-state index contributed by atoms with van der Waals surface area (Å²) in [7, 11) is 0. The van der Waals surface area contributed by atoms with Crippen LogP contribution >= 0.6 is 0 Å². The molecule has 0 saturated heterocycles. The Hall–Kier alpha value is -1.13. The Morgan fingerprint density at radius 1 is 1.58 bits per heavy atom. The topological polar surface area (TPSA) is 85.2 Å². The smallest absolute Gasteiger partial charge is 0.123 e. The summed E-state index contributed by atoms with van der Waals surface area (Å²) in [5.74, 6) is 0.459. The number of aliphatic hydroxyl groups excluding tert-OH is 1. The number of anilines is 1. The predicted octanol–water partition coefficient (Wildman–Crippen LogP) is 0.0460. The number of rotatable bonds is 3. The molecule has 12 heavy (non-hydrogen) atoms. The van der Waals surface area contributed by atoms with Crippen LogP contribution in [0.25, 0.3) is 0 Å². The third-order valence-corrected chi connectivity index (χ3v) is 1.67. The van der Waals surface area contributed by atoms with Crippen molar-refractivity contribution < 1.29 is 5.11 Å². The van der Waals surface area contributed by atoms with Gasteiger partial charge in [0.1, 0.15) is 5.82 Å². The maximum absolute atomic E-state index is 8.64. The van der Waals surface area contributed by atoms with E-state index >= 15 is 0 Å². The zero-order valence-corrected chi connectivity index (χ0v) is 6.77. The summed E-state index contributed by atoms with van der Waals surface area (Å²) in [5, 5.41) is 8.64. The molecule has 1 aromatic rings. The first-order chi connectivity index (χ1) is 5.74. The number of aromatic nitrogens is 1. The van der Waals surface area contributed by atoms with Crippen LogP contribution in [0.3, 0.4) is 0 Å². The maximum Gasteiger partial charge on any atom is 0.123 e. The molecule has 0 aliphatic rings. The third-order valence-electron chi connectivity index (χ3n) is 1.67. The minimum absolute atomic E-state index is 0.0867. The molecule has 0 aliphatic heterocycles. The molecule has 1 atom stereocenters. The number of pyridine rings is 1. The van der Waals surface area contributed by atoms with Crippen LogP contribution in [0.2, 0.25) is 0 Å². The molecule has 4 heteroatoms. The minimum atomic E-state index is -0.153. The number of hydrogen-bond acceptors (Lipinski definition) is 4. The van der Waals surface area contributed by atoms with Crippen LogP contribution in [0.4, 0.5) is 5.82 Å². The van der Waals surface area contributed by atoms with E-state index in [-0.39, 0.29) is 12.6 Å². The summed E-state index contributed by atoms with van der Waals surface area (Å²) in [6, 6.07) is 3.37. The third kappa shape index (κ3) is 2.18. The molecular weight excluding hydrogens is 154 g/mol. The van der Waals surface area contributed by atoms with Crippen molar-refractivity contribution in [2.45, 2.75) is 12.5 Å². The zero-order valence-electron chi connectivity index (χ0n) is 6.77. The van der Waals surface area contributed by atoms with Gasteiger partial charge in [-0.2, -0.15) is 0 Å². The van der Waals surface area contributed by atoms with Gasteiger partial charge in [-0.1, -0.05) is 0 Å². The molecule has 5 N–H and O–H groups in total. The monoisotopic (exact) mass is 167 g/mol. The normalized spacial score (nSPS) is 12.8. The minimum Gasteiger partial charge on any atom is -0.396 e. The second-order valence-electron chi connectivity index (χ2n) is 2.63. The van der Waals surface area contributed by atoms with E-state index in [1.807, 2.05) is 0 Å². The van der Waals surface area contributed by atoms with Gasteiger partial charge >= 0.3 is 0 Å². The summed E-state index contributed by atoms with van der Waals surface area (Å²) in [6.45, 7) is 0.0867. The molecule has 66 valence electrons. The van der Waals surface area contributed by atoms with Crippen molar-refractivity contribution in [2.75, 3.05) is 12.3 Å². The summed E-state index contributed by atoms with van der Waals surface area (Å²) in [5.41, 5.74) is 12.1. The first-order valence-electron chi connectivity index (χ1n) is 3.82. The Morgan fingerprint density at radius 3 is 2.92 bits per heavy atom. The van der Waals surface area contributed by atoms with Crippen LogP contribution < -0.4 is 11.5 Å². The molecule has 0 aliphatic carbocycles. The number of nitrogen functional groups attached to an aromatic ring is 1. The first-order valence-corrected chi connectivity index (χ1v) is 3.82. The molecule has 0 saturated carbocycles. The summed E-state index contributed by atoms with van der Waals surface area (Å²) >= 11 is 0. The summed E-state index contributed by atoms with van der Waals surface area (Å²) in [6.07, 6.45) is 2.16. The average molecular weight is 167 g/mol. The summed E-state index contributed by atoms with van der Waals surface area (Å²) < 4.78 is 0. The van der Waals surface area contributed by atoms with Gasteiger partial charge in [-0.25, -0.2) is 4.98 Å². The van der Waals surface area contributed by atoms with Crippen LogP contribution in [-0.2, 0) is 0 Å². The van der Waals surface area contributed by atoms with Gasteiger partial charge in [-0.3, -0.25) is 0 Å². The highest BCUT2D eigenvalue weighted by atomic mass is 16.3. The molecule has 0 bridgehead atoms. The van der Waals surface area contributed by atoms with Gasteiger partial charge in [0.2, 0.25) is 0 Å². The van der Waals surface area contributed by atoms with Crippen LogP contribution in [0, 0.1) is 0 Å². The SMILES string of the molecule is Nc1cc(C(N)CCO)ccn1. The lowest BCUT2D eigenvalue weighted by atomic mass is 10.1. The quantitative estimate of drug-likeness (QED) is 0.593. The van der Waals surface area contributed by atoms with Crippen molar-refractivity contribution in [1.82, 2.24) is 4.98 Å². The van der Waals surface area contributed by atoms with Crippen LogP contribution in [-0.4, -0.2) is 16.7 Å². The van der Waals surface area contributed by atoms with Gasteiger partial charge in [-0.05, 0) is 24.1 Å². The number of nitrogens with zero attached hydrogens (tertiary/aromatic N) is 1. The second-order valence-corrected chi connectivity index (χ2v) is 2.63. The molecular formula is C8H13N3O. The highest BCUT2D eigenvalue weighted by Gasteiger charge is 2.04. The van der Waals surface area contributed by atoms with Crippen LogP contribution in [0.1, 0.15) is 18.0 Å². The Kier molecular flexibility index (Phi) is 3.01. The number of nitrogens with two attached hydrogens (primary N) is 2. The van der Waals surface area contributed by atoms with E-state index in [2.05, 4.69) is 4.98 Å². The van der Waals surface area contributed by atoms with Gasteiger partial charge in [0.25, 0.3) is 0 Å². The molecule has 0 radical (unpaired) electrons. The van der Waals surface area contributed by atoms with Crippen molar-refractivity contribution in [3.05, 3.63) is 23.9 Å². The van der Waals surface area contributed by atoms with Gasteiger partial charge < -0.3 is 16.6 Å². The summed E-state index contributed by atoms with van der Waals surface area (Å²) in [4.78, 5) is 3.84. The molecule has 0 amide bonds. The zero-order chi connectivity index (χ0) is 8.97. The highest BCUT2D eigenvalue weighted by molar-refractivity contribution is 5.33. The van der Waals surface area contributed by atoms with Gasteiger partial charge in [-0.15, -0.1) is 0 Å². The van der Waals surface area contributed by atoms with E-state index in [9.17, 15) is 0 Å². The lowest BCUT2D eigenvalue weighted by Gasteiger charge is -2.09. The van der Waals surface area contributed by atoms with E-state index in [0.29, 0.717) is 12.2 Å². The van der Waals surface area contributed by atoms with Gasteiger partial charge in [0, 0.05) is 18.8 Å². The van der Waals surface area contributed by atoms with Crippen LogP contribution in [0.5, 0.6) is 0 Å². The van der Waals surface area contributed by atoms with Crippen LogP contribution in [0.15, 0.2) is 18.3 Å². The van der Waals surface area contributed by atoms with E-state index in [0.717, 1.165) is 5.56 Å². The Balaban J connectivity index is 2.73. The molecule has 0 aromatic carbocycles. The standard InChI is InChI=1S/C8H13N3O/c9-7(2-4-12)6-1-3-11-8(10)5-6/h1,3,5,7,12H,2,4,9H2,(H2,10,11). The van der Waals surface area contributed by atoms with Crippen molar-refractivity contribution >= 4 is 5.82 Å². The van der Waals surface area contributed by atoms with E-state index < -0.39 is 0 Å². The van der Waals surface area contributed by atoms with E-state index in [1.165, 1.54) is 0 Å². The fraction of sp³-hybridized carbons (Fsp3) is 0.375. The molecule has 1 heterocycles. The van der Waals surface area contributed by atoms with Gasteiger partial charge in [0.15, 0.2) is 0 Å². The van der Waals surface area contributed by atoms with Crippen molar-refractivity contribution in [3.8, 4) is 0 Å². The fourth-order valence-electron chi connectivity index (χ4n) is 1.00. The number of hydrogen-bond donors (Lipinski definition) is 3. The Bertz CT molecular complexity index is 252. The molecule has 1 rings (SSSR count). The average Bonchev–Trinajstić information content (AvgIpc) is 2.05. The van der Waals surface area contributed by atoms with Crippen molar-refractivity contribution in [1.29, 1.82) is 0 Å². The van der Waals surface area contributed by atoms with Crippen molar-refractivity contribution in [3.63, 3.8) is 0 Å². The molecule has 1 unspecified atom stereocenters. The largest absolute Gasteiger partial charge is 0.396 e. The first kappa shape index (κ1) is 8.96. The lowest BCUT2D eigenvalue weighted by molar-refractivity contribution is 0.276. The molecule has 1 aromatic heterocycles. The Morgan fingerprint density at radius 2 is 2.33 bits per heavy atom. The predicted molar refractivity (Wildman–Crippen MR) is 47.3 cm³/mol. The molecule has 0 spiro atoms. The fourth-order valence-corrected chi connectivity index (χ4v) is 1.00. The molecule has 4 nitrogen and oxygen atoms in total. The number of aliphatic hydroxyl groups is 1. The van der Waals surface area contributed by atoms with E-state index in [1.54, 1.807) is 18.3 Å². The van der Waals surface area contributed by atoms with Gasteiger partial charge in [0.05, 0.1) is 0 Å².